The van der Waals surface area contributed by atoms with E-state index < -0.39 is 0 Å². The number of hydrogen-bond donors (Lipinski definition) is 2. The first-order valence-electron chi connectivity index (χ1n) is 12.6. The van der Waals surface area contributed by atoms with Crippen LogP contribution < -0.4 is 26.4 Å². The van der Waals surface area contributed by atoms with Gasteiger partial charge in [-0.3, -0.25) is 14.4 Å². The maximum atomic E-state index is 12.8. The monoisotopic (exact) mass is 429 g/mol. The lowest BCUT2D eigenvalue weighted by Crippen LogP contribution is -2.46. The fourth-order valence-electron chi connectivity index (χ4n) is 5.92. The van der Waals surface area contributed by atoms with Gasteiger partial charge in [0.1, 0.15) is 11.4 Å². The molecule has 2 N–H and O–H groups in total. The van der Waals surface area contributed by atoms with Crippen molar-refractivity contribution in [2.24, 2.45) is 23.7 Å². The van der Waals surface area contributed by atoms with E-state index in [4.69, 9.17) is 0 Å². The van der Waals surface area contributed by atoms with Crippen molar-refractivity contribution in [2.75, 3.05) is 29.9 Å². The highest BCUT2D eigenvalue weighted by Crippen LogP contribution is 2.33. The van der Waals surface area contributed by atoms with Crippen LogP contribution in [0.5, 0.6) is 0 Å². The topological polar surface area (TPSA) is 78.5 Å². The molecule has 0 radical (unpaired) electrons. The molecule has 0 unspecified atom stereocenters. The van der Waals surface area contributed by atoms with Crippen LogP contribution in [0.2, 0.25) is 0 Å². The zero-order chi connectivity index (χ0) is 22.0. The molecule has 0 aromatic heterocycles. The van der Waals surface area contributed by atoms with E-state index in [0.717, 1.165) is 64.6 Å². The third kappa shape index (κ3) is 4.83. The Kier molecular flexibility index (Phi) is 7.02. The summed E-state index contributed by atoms with van der Waals surface area (Å²) in [6.45, 7) is 7.04. The van der Waals surface area contributed by atoms with E-state index in [1.165, 1.54) is 19.3 Å². The normalized spacial score (nSPS) is 32.1. The Balaban J connectivity index is 1.24. The van der Waals surface area contributed by atoms with Gasteiger partial charge in [0.2, 0.25) is 5.91 Å². The molecule has 172 valence electrons. The molecule has 2 saturated carbocycles. The molecule has 2 aliphatic carbocycles. The second-order valence-corrected chi connectivity index (χ2v) is 10.4. The SMILES string of the molecule is C[C@H]1[C@H](C)CCC[C@H]1NC(=O)C1CCC(CNc2c(N3CCCCC3)c(=O)c2=O)CC1. The van der Waals surface area contributed by atoms with E-state index >= 15 is 0 Å². The molecule has 0 bridgehead atoms. The van der Waals surface area contributed by atoms with Crippen LogP contribution in [0.3, 0.4) is 0 Å². The van der Waals surface area contributed by atoms with E-state index in [0.29, 0.717) is 35.2 Å². The Hall–Kier alpha value is -1.85. The molecule has 1 aromatic carbocycles. The average Bonchev–Trinajstić information content (AvgIpc) is 2.80. The number of carbonyl (C=O) groups is 1. The van der Waals surface area contributed by atoms with Crippen molar-refractivity contribution in [1.29, 1.82) is 0 Å². The summed E-state index contributed by atoms with van der Waals surface area (Å²) in [5, 5.41) is 6.66. The van der Waals surface area contributed by atoms with Gasteiger partial charge >= 0.3 is 0 Å². The van der Waals surface area contributed by atoms with Crippen molar-refractivity contribution in [3.63, 3.8) is 0 Å². The lowest BCUT2D eigenvalue weighted by atomic mass is 9.77. The predicted octanol–water partition coefficient (Wildman–Crippen LogP) is 3.43. The van der Waals surface area contributed by atoms with Gasteiger partial charge in [-0.15, -0.1) is 0 Å². The van der Waals surface area contributed by atoms with Crippen molar-refractivity contribution in [3.8, 4) is 0 Å². The molecular formula is C25H39N3O3. The molecule has 3 fully saturated rings. The van der Waals surface area contributed by atoms with Crippen molar-refractivity contribution < 1.29 is 4.79 Å². The molecule has 0 spiro atoms. The van der Waals surface area contributed by atoms with Gasteiger partial charge in [0.15, 0.2) is 0 Å². The van der Waals surface area contributed by atoms with Gasteiger partial charge in [-0.05, 0) is 69.1 Å². The van der Waals surface area contributed by atoms with Crippen LogP contribution in [0.4, 0.5) is 11.4 Å². The molecule has 4 rings (SSSR count). The fourth-order valence-corrected chi connectivity index (χ4v) is 5.92. The number of amides is 1. The Morgan fingerprint density at radius 2 is 1.61 bits per heavy atom. The number of rotatable bonds is 6. The smallest absolute Gasteiger partial charge is 0.253 e. The van der Waals surface area contributed by atoms with Gasteiger partial charge in [-0.1, -0.05) is 26.7 Å². The van der Waals surface area contributed by atoms with Crippen molar-refractivity contribution in [1.82, 2.24) is 5.32 Å². The zero-order valence-corrected chi connectivity index (χ0v) is 19.3. The number of anilines is 2. The summed E-state index contributed by atoms with van der Waals surface area (Å²) in [4.78, 5) is 39.1. The minimum absolute atomic E-state index is 0.121. The minimum atomic E-state index is -0.357. The predicted molar refractivity (Wildman–Crippen MR) is 125 cm³/mol. The lowest BCUT2D eigenvalue weighted by Gasteiger charge is -2.36. The van der Waals surface area contributed by atoms with Crippen molar-refractivity contribution in [3.05, 3.63) is 20.4 Å². The third-order valence-corrected chi connectivity index (χ3v) is 8.38. The van der Waals surface area contributed by atoms with Crippen molar-refractivity contribution in [2.45, 2.75) is 84.1 Å². The van der Waals surface area contributed by atoms with E-state index in [2.05, 4.69) is 29.4 Å². The van der Waals surface area contributed by atoms with E-state index in [-0.39, 0.29) is 22.7 Å². The van der Waals surface area contributed by atoms with Gasteiger partial charge in [-0.25, -0.2) is 0 Å². The summed E-state index contributed by atoms with van der Waals surface area (Å²) in [7, 11) is 0. The standard InChI is InChI=1S/C25H39N3O3/c1-16-7-6-8-20(17(16)2)27-25(31)19-11-9-18(10-12-19)15-26-21-22(24(30)23(21)29)28-13-4-3-5-14-28/h16-20,26H,3-15H2,1-2H3,(H,27,31)/t16-,17+,18?,19?,20-/m1/s1. The molecule has 1 aliphatic heterocycles. The van der Waals surface area contributed by atoms with E-state index in [1.807, 2.05) is 0 Å². The molecule has 1 amide bonds. The highest BCUT2D eigenvalue weighted by molar-refractivity contribution is 5.79. The fraction of sp³-hybridized carbons (Fsp3) is 0.800. The molecule has 1 heterocycles. The summed E-state index contributed by atoms with van der Waals surface area (Å²) in [5.74, 6) is 2.06. The number of hydrogen-bond acceptors (Lipinski definition) is 5. The molecule has 6 nitrogen and oxygen atoms in total. The second-order valence-electron chi connectivity index (χ2n) is 10.4. The molecule has 6 heteroatoms. The quantitative estimate of drug-likeness (QED) is 0.678. The Bertz CT molecular complexity index is 830. The van der Waals surface area contributed by atoms with Gasteiger partial charge in [0, 0.05) is 31.6 Å². The van der Waals surface area contributed by atoms with Gasteiger partial charge in [0.05, 0.1) is 0 Å². The lowest BCUT2D eigenvalue weighted by molar-refractivity contribution is -0.127. The number of nitrogens with zero attached hydrogens (tertiary/aromatic N) is 1. The van der Waals surface area contributed by atoms with Crippen LogP contribution >= 0.6 is 0 Å². The number of piperidine rings is 1. The maximum absolute atomic E-state index is 12.8. The molecule has 31 heavy (non-hydrogen) atoms. The van der Waals surface area contributed by atoms with Crippen LogP contribution in [0.25, 0.3) is 0 Å². The first kappa shape index (κ1) is 22.3. The summed E-state index contributed by atoms with van der Waals surface area (Å²) in [5.41, 5.74) is 0.473. The molecular weight excluding hydrogens is 390 g/mol. The van der Waals surface area contributed by atoms with Crippen LogP contribution in [0.15, 0.2) is 9.59 Å². The molecule has 1 saturated heterocycles. The minimum Gasteiger partial charge on any atom is -0.380 e. The molecule has 1 aromatic rings. The maximum Gasteiger partial charge on any atom is 0.253 e. The summed E-state index contributed by atoms with van der Waals surface area (Å²) < 4.78 is 0. The first-order chi connectivity index (χ1) is 15.0. The third-order valence-electron chi connectivity index (χ3n) is 8.38. The van der Waals surface area contributed by atoms with Gasteiger partial charge in [0.25, 0.3) is 10.9 Å². The van der Waals surface area contributed by atoms with E-state index in [1.54, 1.807) is 0 Å². The zero-order valence-electron chi connectivity index (χ0n) is 19.3. The van der Waals surface area contributed by atoms with Crippen LogP contribution in [0, 0.1) is 23.7 Å². The average molecular weight is 430 g/mol. The highest BCUT2D eigenvalue weighted by Gasteiger charge is 2.33. The Labute approximate surface area is 185 Å². The summed E-state index contributed by atoms with van der Waals surface area (Å²) in [6, 6.07) is 0.331. The molecule has 3 aliphatic rings. The van der Waals surface area contributed by atoms with Gasteiger partial charge < -0.3 is 15.5 Å². The van der Waals surface area contributed by atoms with Crippen LogP contribution in [0.1, 0.15) is 78.1 Å². The van der Waals surface area contributed by atoms with Gasteiger partial charge in [-0.2, -0.15) is 0 Å². The highest BCUT2D eigenvalue weighted by atomic mass is 16.2. The first-order valence-corrected chi connectivity index (χ1v) is 12.6. The number of carbonyl (C=O) groups excluding carboxylic acids is 1. The molecule has 3 atom stereocenters. The van der Waals surface area contributed by atoms with Crippen LogP contribution in [-0.4, -0.2) is 31.6 Å². The Morgan fingerprint density at radius 1 is 0.903 bits per heavy atom. The summed E-state index contributed by atoms with van der Waals surface area (Å²) in [6.07, 6.45) is 10.8. The van der Waals surface area contributed by atoms with Crippen LogP contribution in [-0.2, 0) is 4.79 Å². The summed E-state index contributed by atoms with van der Waals surface area (Å²) >= 11 is 0. The van der Waals surface area contributed by atoms with Crippen molar-refractivity contribution >= 4 is 17.3 Å². The second kappa shape index (κ2) is 9.74. The number of nitrogens with one attached hydrogen (secondary N) is 2. The Morgan fingerprint density at radius 3 is 2.32 bits per heavy atom. The largest absolute Gasteiger partial charge is 0.380 e. The van der Waals surface area contributed by atoms with E-state index in [9.17, 15) is 14.4 Å².